The highest BCUT2D eigenvalue weighted by Gasteiger charge is 2.24. The van der Waals surface area contributed by atoms with Crippen LogP contribution in [0.5, 0.6) is 0 Å². The van der Waals surface area contributed by atoms with Crippen LogP contribution < -0.4 is 0 Å². The molecule has 1 aliphatic heterocycles. The van der Waals surface area contributed by atoms with Crippen molar-refractivity contribution in [1.29, 1.82) is 0 Å². The molecule has 0 aromatic heterocycles. The van der Waals surface area contributed by atoms with Crippen molar-refractivity contribution in [1.82, 2.24) is 0 Å². The first kappa shape index (κ1) is 5.06. The highest BCUT2D eigenvalue weighted by atomic mass is 16.5. The van der Waals surface area contributed by atoms with Crippen LogP contribution in [0.3, 0.4) is 0 Å². The highest BCUT2D eigenvalue weighted by molar-refractivity contribution is 4.71. The second-order valence-corrected chi connectivity index (χ2v) is 1.99. The average molecular weight is 102 g/mol. The maximum absolute atomic E-state index is 8.38. The molecule has 1 N–H and O–H groups in total. The van der Waals surface area contributed by atoms with Crippen LogP contribution in [0.4, 0.5) is 0 Å². The quantitative estimate of drug-likeness (QED) is 0.511. The molecule has 1 heterocycles. The van der Waals surface area contributed by atoms with Gasteiger partial charge in [0, 0.05) is 6.42 Å². The van der Waals surface area contributed by atoms with Crippen LogP contribution in [0.1, 0.15) is 13.3 Å². The summed E-state index contributed by atoms with van der Waals surface area (Å²) >= 11 is 0. The molecule has 1 rings (SSSR count). The number of hydrogen-bond donors (Lipinski definition) is 1. The maximum atomic E-state index is 8.38. The summed E-state index contributed by atoms with van der Waals surface area (Å²) in [5.74, 6) is 0. The van der Waals surface area contributed by atoms with E-state index < -0.39 is 0 Å². The number of ether oxygens (including phenoxy) is 1. The molecule has 2 atom stereocenters. The van der Waals surface area contributed by atoms with E-state index in [0.29, 0.717) is 6.10 Å². The van der Waals surface area contributed by atoms with Gasteiger partial charge in [0.2, 0.25) is 0 Å². The van der Waals surface area contributed by atoms with Crippen LogP contribution >= 0.6 is 0 Å². The minimum Gasteiger partial charge on any atom is -0.394 e. The fourth-order valence-corrected chi connectivity index (χ4v) is 0.805. The van der Waals surface area contributed by atoms with Crippen molar-refractivity contribution in [3.63, 3.8) is 0 Å². The predicted octanol–water partition coefficient (Wildman–Crippen LogP) is 0.156. The van der Waals surface area contributed by atoms with Crippen LogP contribution in [-0.4, -0.2) is 23.9 Å². The van der Waals surface area contributed by atoms with Crippen LogP contribution in [0.15, 0.2) is 0 Å². The third-order valence-electron chi connectivity index (χ3n) is 1.22. The Hall–Kier alpha value is -0.0800. The van der Waals surface area contributed by atoms with E-state index in [-0.39, 0.29) is 12.7 Å². The molecule has 2 nitrogen and oxygen atoms in total. The Morgan fingerprint density at radius 2 is 2.43 bits per heavy atom. The first-order valence-electron chi connectivity index (χ1n) is 2.59. The highest BCUT2D eigenvalue weighted by Crippen LogP contribution is 2.18. The Morgan fingerprint density at radius 1 is 1.86 bits per heavy atom. The molecule has 0 aromatic rings. The molecule has 42 valence electrons. The van der Waals surface area contributed by atoms with Gasteiger partial charge >= 0.3 is 0 Å². The minimum absolute atomic E-state index is 0.148. The van der Waals surface area contributed by atoms with Crippen molar-refractivity contribution in [3.05, 3.63) is 0 Å². The molecule has 0 saturated carbocycles. The predicted molar refractivity (Wildman–Crippen MR) is 26.0 cm³/mol. The average Bonchev–Trinajstić information content (AvgIpc) is 1.58. The van der Waals surface area contributed by atoms with Crippen molar-refractivity contribution in [2.45, 2.75) is 25.6 Å². The summed E-state index contributed by atoms with van der Waals surface area (Å²) in [6.07, 6.45) is 1.56. The Balaban J connectivity index is 2.06. The molecule has 0 spiro atoms. The first-order valence-corrected chi connectivity index (χ1v) is 2.59. The fraction of sp³-hybridized carbons (Fsp3) is 1.00. The van der Waals surface area contributed by atoms with Crippen LogP contribution in [-0.2, 0) is 4.74 Å². The third-order valence-corrected chi connectivity index (χ3v) is 1.22. The van der Waals surface area contributed by atoms with E-state index in [1.165, 1.54) is 0 Å². The largest absolute Gasteiger partial charge is 0.394 e. The van der Waals surface area contributed by atoms with E-state index in [0.717, 1.165) is 6.42 Å². The SMILES string of the molecule is CC1CC(CO)O1. The van der Waals surface area contributed by atoms with Crippen molar-refractivity contribution in [2.24, 2.45) is 0 Å². The monoisotopic (exact) mass is 102 g/mol. The van der Waals surface area contributed by atoms with Gasteiger partial charge in [-0.3, -0.25) is 0 Å². The molecular weight excluding hydrogens is 92.1 g/mol. The molecule has 0 radical (unpaired) electrons. The number of aliphatic hydroxyl groups excluding tert-OH is 1. The van der Waals surface area contributed by atoms with Gasteiger partial charge < -0.3 is 9.84 Å². The zero-order valence-electron chi connectivity index (χ0n) is 4.42. The van der Waals surface area contributed by atoms with Crippen molar-refractivity contribution >= 4 is 0 Å². The second-order valence-electron chi connectivity index (χ2n) is 1.99. The molecular formula is C5H10O2. The summed E-state index contributed by atoms with van der Waals surface area (Å²) in [5.41, 5.74) is 0. The number of rotatable bonds is 1. The summed E-state index contributed by atoms with van der Waals surface area (Å²) in [4.78, 5) is 0. The zero-order chi connectivity index (χ0) is 5.28. The van der Waals surface area contributed by atoms with Gasteiger partial charge in [0.25, 0.3) is 0 Å². The van der Waals surface area contributed by atoms with Crippen molar-refractivity contribution in [3.8, 4) is 0 Å². The van der Waals surface area contributed by atoms with E-state index in [9.17, 15) is 0 Å². The molecule has 0 aromatic carbocycles. The summed E-state index contributed by atoms with van der Waals surface area (Å²) in [5, 5.41) is 8.38. The van der Waals surface area contributed by atoms with Crippen LogP contribution in [0, 0.1) is 0 Å². The Labute approximate surface area is 43.1 Å². The number of aliphatic hydroxyl groups is 1. The Morgan fingerprint density at radius 3 is 2.57 bits per heavy atom. The van der Waals surface area contributed by atoms with Gasteiger partial charge in [-0.25, -0.2) is 0 Å². The molecule has 2 heteroatoms. The first-order chi connectivity index (χ1) is 3.33. The smallest absolute Gasteiger partial charge is 0.0833 e. The van der Waals surface area contributed by atoms with Gasteiger partial charge in [-0.05, 0) is 6.92 Å². The van der Waals surface area contributed by atoms with Crippen molar-refractivity contribution in [2.75, 3.05) is 6.61 Å². The Kier molecular flexibility index (Phi) is 1.30. The number of hydrogen-bond acceptors (Lipinski definition) is 2. The standard InChI is InChI=1S/C5H10O2/c1-4-2-5(3-6)7-4/h4-6H,2-3H2,1H3. The van der Waals surface area contributed by atoms with Gasteiger partial charge in [0.15, 0.2) is 0 Å². The van der Waals surface area contributed by atoms with Gasteiger partial charge in [0.05, 0.1) is 18.8 Å². The lowest BCUT2D eigenvalue weighted by Crippen LogP contribution is -2.37. The molecule has 1 fully saturated rings. The van der Waals surface area contributed by atoms with E-state index in [4.69, 9.17) is 9.84 Å². The van der Waals surface area contributed by atoms with Gasteiger partial charge in [0.1, 0.15) is 0 Å². The van der Waals surface area contributed by atoms with E-state index in [1.54, 1.807) is 0 Å². The fourth-order valence-electron chi connectivity index (χ4n) is 0.805. The summed E-state index contributed by atoms with van der Waals surface area (Å²) in [6.45, 7) is 2.19. The molecule has 0 amide bonds. The summed E-state index contributed by atoms with van der Waals surface area (Å²) in [7, 11) is 0. The van der Waals surface area contributed by atoms with Crippen molar-refractivity contribution < 1.29 is 9.84 Å². The lowest BCUT2D eigenvalue weighted by Gasteiger charge is -2.31. The molecule has 0 aliphatic carbocycles. The zero-order valence-corrected chi connectivity index (χ0v) is 4.42. The lowest BCUT2D eigenvalue weighted by molar-refractivity contribution is -0.132. The Bertz CT molecular complexity index is 57.1. The van der Waals surface area contributed by atoms with Gasteiger partial charge in [-0.1, -0.05) is 0 Å². The van der Waals surface area contributed by atoms with Gasteiger partial charge in [-0.15, -0.1) is 0 Å². The molecule has 1 saturated heterocycles. The molecule has 2 unspecified atom stereocenters. The van der Waals surface area contributed by atoms with Crippen LogP contribution in [0.2, 0.25) is 0 Å². The van der Waals surface area contributed by atoms with E-state index >= 15 is 0 Å². The summed E-state index contributed by atoms with van der Waals surface area (Å²) < 4.78 is 5.04. The maximum Gasteiger partial charge on any atom is 0.0833 e. The van der Waals surface area contributed by atoms with Gasteiger partial charge in [-0.2, -0.15) is 0 Å². The third kappa shape index (κ3) is 0.924. The normalized spacial score (nSPS) is 40.3. The summed E-state index contributed by atoms with van der Waals surface area (Å²) in [6, 6.07) is 0. The lowest BCUT2D eigenvalue weighted by atomic mass is 10.1. The second kappa shape index (κ2) is 1.80. The molecule has 1 aliphatic rings. The molecule has 0 bridgehead atoms. The van der Waals surface area contributed by atoms with E-state index in [1.807, 2.05) is 6.92 Å². The minimum atomic E-state index is 0.148. The van der Waals surface area contributed by atoms with Crippen LogP contribution in [0.25, 0.3) is 0 Å². The topological polar surface area (TPSA) is 29.5 Å². The molecule has 7 heavy (non-hydrogen) atoms. The van der Waals surface area contributed by atoms with E-state index in [2.05, 4.69) is 0 Å².